The van der Waals surface area contributed by atoms with E-state index in [1.807, 2.05) is 0 Å². The van der Waals surface area contributed by atoms with Gasteiger partial charge >= 0.3 is 0 Å². The minimum atomic E-state index is 1.14. The summed E-state index contributed by atoms with van der Waals surface area (Å²) in [5.41, 5.74) is 0. The number of hydrogen-bond donors (Lipinski definition) is 0. The highest BCUT2D eigenvalue weighted by Crippen LogP contribution is 2.45. The number of rotatable bonds is 1. The van der Waals surface area contributed by atoms with Crippen LogP contribution in [0, 0.1) is 11.8 Å². The van der Waals surface area contributed by atoms with E-state index in [4.69, 9.17) is 0 Å². The van der Waals surface area contributed by atoms with E-state index in [-0.39, 0.29) is 0 Å². The Morgan fingerprint density at radius 3 is 2.30 bits per heavy atom. The quantitative estimate of drug-likeness (QED) is 0.535. The number of nitrogens with zero attached hydrogens (tertiary/aromatic N) is 1. The Bertz CT molecular complexity index is 110. The van der Waals surface area contributed by atoms with Crippen LogP contribution in [0.2, 0.25) is 0 Å². The summed E-state index contributed by atoms with van der Waals surface area (Å²) in [5, 5.41) is 0. The number of hydrogen-bond acceptors (Lipinski definition) is 1. The summed E-state index contributed by atoms with van der Waals surface area (Å²) in [7, 11) is 0. The normalized spacial score (nSPS) is 40.5. The molecule has 1 heterocycles. The zero-order valence-electron chi connectivity index (χ0n) is 6.84. The van der Waals surface area contributed by atoms with E-state index in [1.165, 1.54) is 32.5 Å². The van der Waals surface area contributed by atoms with Gasteiger partial charge in [0.1, 0.15) is 0 Å². The Morgan fingerprint density at radius 2 is 1.80 bits per heavy atom. The molecule has 1 nitrogen and oxygen atoms in total. The lowest BCUT2D eigenvalue weighted by Crippen LogP contribution is -2.24. The van der Waals surface area contributed by atoms with E-state index in [2.05, 4.69) is 11.8 Å². The molecular formula is C9H17N. The molecule has 0 aromatic carbocycles. The van der Waals surface area contributed by atoms with Crippen LogP contribution >= 0.6 is 0 Å². The summed E-state index contributed by atoms with van der Waals surface area (Å²) < 4.78 is 0. The van der Waals surface area contributed by atoms with Gasteiger partial charge in [0.05, 0.1) is 0 Å². The van der Waals surface area contributed by atoms with Crippen molar-refractivity contribution in [2.24, 2.45) is 11.8 Å². The van der Waals surface area contributed by atoms with Crippen molar-refractivity contribution in [2.75, 3.05) is 19.6 Å². The molecule has 2 rings (SSSR count). The van der Waals surface area contributed by atoms with Gasteiger partial charge in [-0.05, 0) is 50.7 Å². The molecule has 1 saturated heterocycles. The third-order valence-electron chi connectivity index (χ3n) is 3.15. The van der Waals surface area contributed by atoms with Crippen molar-refractivity contribution in [3.8, 4) is 0 Å². The highest BCUT2D eigenvalue weighted by atomic mass is 15.1. The summed E-state index contributed by atoms with van der Waals surface area (Å²) in [6.07, 6.45) is 4.52. The number of likely N-dealkylation sites (tertiary alicyclic amines) is 1. The standard InChI is InChI=1S/C9H17N/c1-2-10-5-3-8-7-9(8)4-6-10/h8-9H,2-7H2,1H3. The first kappa shape index (κ1) is 6.66. The molecule has 2 unspecified atom stereocenters. The van der Waals surface area contributed by atoms with Gasteiger partial charge in [0.2, 0.25) is 0 Å². The average molecular weight is 139 g/mol. The molecule has 1 saturated carbocycles. The second kappa shape index (κ2) is 2.54. The summed E-state index contributed by atoms with van der Waals surface area (Å²) in [5.74, 6) is 2.27. The minimum Gasteiger partial charge on any atom is -0.304 e. The molecule has 2 fully saturated rings. The predicted molar refractivity (Wildman–Crippen MR) is 42.9 cm³/mol. The molecule has 0 aromatic rings. The third-order valence-corrected chi connectivity index (χ3v) is 3.15. The van der Waals surface area contributed by atoms with Crippen molar-refractivity contribution in [3.05, 3.63) is 0 Å². The van der Waals surface area contributed by atoms with Crippen LogP contribution < -0.4 is 0 Å². The maximum Gasteiger partial charge on any atom is -0.00161 e. The molecule has 0 aromatic heterocycles. The molecule has 2 aliphatic rings. The van der Waals surface area contributed by atoms with Crippen LogP contribution in [0.15, 0.2) is 0 Å². The molecule has 1 heteroatoms. The van der Waals surface area contributed by atoms with Crippen LogP contribution in [0.5, 0.6) is 0 Å². The third kappa shape index (κ3) is 1.20. The fourth-order valence-electron chi connectivity index (χ4n) is 2.14. The van der Waals surface area contributed by atoms with Gasteiger partial charge in [-0.2, -0.15) is 0 Å². The minimum absolute atomic E-state index is 1.14. The summed E-state index contributed by atoms with van der Waals surface area (Å²) in [6.45, 7) is 6.28. The molecule has 0 N–H and O–H groups in total. The van der Waals surface area contributed by atoms with Crippen molar-refractivity contribution in [3.63, 3.8) is 0 Å². The van der Waals surface area contributed by atoms with Gasteiger partial charge < -0.3 is 4.90 Å². The van der Waals surface area contributed by atoms with E-state index >= 15 is 0 Å². The van der Waals surface area contributed by atoms with Crippen molar-refractivity contribution in [2.45, 2.75) is 26.2 Å². The van der Waals surface area contributed by atoms with Crippen molar-refractivity contribution in [1.82, 2.24) is 4.90 Å². The van der Waals surface area contributed by atoms with Crippen LogP contribution in [0.1, 0.15) is 26.2 Å². The smallest absolute Gasteiger partial charge is 0.00161 e. The fraction of sp³-hybridized carbons (Fsp3) is 1.00. The lowest BCUT2D eigenvalue weighted by Gasteiger charge is -2.17. The number of fused-ring (bicyclic) bond motifs is 1. The van der Waals surface area contributed by atoms with Crippen LogP contribution in [-0.4, -0.2) is 24.5 Å². The second-order valence-electron chi connectivity index (χ2n) is 3.77. The molecule has 0 bridgehead atoms. The van der Waals surface area contributed by atoms with Gasteiger partial charge in [-0.25, -0.2) is 0 Å². The molecule has 1 aliphatic carbocycles. The summed E-state index contributed by atoms with van der Waals surface area (Å²) in [6, 6.07) is 0. The van der Waals surface area contributed by atoms with E-state index in [1.54, 1.807) is 6.42 Å². The topological polar surface area (TPSA) is 3.24 Å². The predicted octanol–water partition coefficient (Wildman–Crippen LogP) is 1.74. The Balaban J connectivity index is 1.84. The van der Waals surface area contributed by atoms with Gasteiger partial charge in [-0.15, -0.1) is 0 Å². The first-order valence-corrected chi connectivity index (χ1v) is 4.62. The van der Waals surface area contributed by atoms with Crippen LogP contribution in [-0.2, 0) is 0 Å². The molecule has 0 spiro atoms. The molecule has 10 heavy (non-hydrogen) atoms. The lowest BCUT2D eigenvalue weighted by molar-refractivity contribution is 0.290. The molecule has 2 atom stereocenters. The maximum atomic E-state index is 2.59. The van der Waals surface area contributed by atoms with Gasteiger partial charge in [0.25, 0.3) is 0 Å². The van der Waals surface area contributed by atoms with E-state index in [9.17, 15) is 0 Å². The molecular weight excluding hydrogens is 122 g/mol. The van der Waals surface area contributed by atoms with Gasteiger partial charge in [-0.3, -0.25) is 0 Å². The summed E-state index contributed by atoms with van der Waals surface area (Å²) >= 11 is 0. The van der Waals surface area contributed by atoms with Crippen molar-refractivity contribution < 1.29 is 0 Å². The first-order chi connectivity index (χ1) is 4.90. The van der Waals surface area contributed by atoms with Crippen molar-refractivity contribution in [1.29, 1.82) is 0 Å². The Morgan fingerprint density at radius 1 is 1.20 bits per heavy atom. The fourth-order valence-corrected chi connectivity index (χ4v) is 2.14. The van der Waals surface area contributed by atoms with Crippen molar-refractivity contribution >= 4 is 0 Å². The second-order valence-corrected chi connectivity index (χ2v) is 3.77. The van der Waals surface area contributed by atoms with Gasteiger partial charge in [0, 0.05) is 0 Å². The van der Waals surface area contributed by atoms with Gasteiger partial charge in [-0.1, -0.05) is 6.92 Å². The molecule has 0 amide bonds. The maximum absolute atomic E-state index is 2.59. The van der Waals surface area contributed by atoms with E-state index in [0.29, 0.717) is 0 Å². The Labute approximate surface area is 63.4 Å². The molecule has 0 radical (unpaired) electrons. The Hall–Kier alpha value is -0.0400. The average Bonchev–Trinajstić information content (AvgIpc) is 2.63. The van der Waals surface area contributed by atoms with Crippen LogP contribution in [0.3, 0.4) is 0 Å². The monoisotopic (exact) mass is 139 g/mol. The Kier molecular flexibility index (Phi) is 1.69. The van der Waals surface area contributed by atoms with Crippen LogP contribution in [0.4, 0.5) is 0 Å². The zero-order chi connectivity index (χ0) is 6.97. The van der Waals surface area contributed by atoms with Gasteiger partial charge in [0.15, 0.2) is 0 Å². The van der Waals surface area contributed by atoms with E-state index in [0.717, 1.165) is 11.8 Å². The lowest BCUT2D eigenvalue weighted by atomic mass is 10.2. The zero-order valence-corrected chi connectivity index (χ0v) is 6.84. The highest BCUT2D eigenvalue weighted by Gasteiger charge is 2.38. The van der Waals surface area contributed by atoms with E-state index < -0.39 is 0 Å². The molecule has 1 aliphatic heterocycles. The molecule has 58 valence electrons. The SMILES string of the molecule is CCN1CCC2CC2CC1. The highest BCUT2D eigenvalue weighted by molar-refractivity contribution is 4.89. The first-order valence-electron chi connectivity index (χ1n) is 4.62. The largest absolute Gasteiger partial charge is 0.304 e. The summed E-state index contributed by atoms with van der Waals surface area (Å²) in [4.78, 5) is 2.59. The van der Waals surface area contributed by atoms with Crippen LogP contribution in [0.25, 0.3) is 0 Å².